The third kappa shape index (κ3) is 3.94. The first-order chi connectivity index (χ1) is 12.3. The maximum Gasteiger partial charge on any atom is 0.264 e. The molecule has 3 rings (SSSR count). The highest BCUT2D eigenvalue weighted by molar-refractivity contribution is 7.85. The molecule has 0 saturated carbocycles. The van der Waals surface area contributed by atoms with E-state index < -0.39 is 10.1 Å². The first-order valence-electron chi connectivity index (χ1n) is 8.81. The standard InChI is InChI=1S/C19H25NO5S/c1-13-17(6-7-19(13)21)20-10-8-14-12-15(24-2)4-5-16(14)18(20)9-11-25-26(3,22)23/h4-5,12,18H,6-11H2,1-3H3/t18-/m1/s1. The molecule has 0 aromatic heterocycles. The van der Waals surface area contributed by atoms with Crippen LogP contribution in [0.4, 0.5) is 0 Å². The van der Waals surface area contributed by atoms with Gasteiger partial charge in [0.1, 0.15) is 5.75 Å². The number of hydrogen-bond donors (Lipinski definition) is 0. The third-order valence-electron chi connectivity index (χ3n) is 5.18. The van der Waals surface area contributed by atoms with Gasteiger partial charge in [-0.05, 0) is 49.4 Å². The second-order valence-corrected chi connectivity index (χ2v) is 8.48. The van der Waals surface area contributed by atoms with E-state index in [2.05, 4.69) is 4.90 Å². The highest BCUT2D eigenvalue weighted by Crippen LogP contribution is 2.40. The maximum atomic E-state index is 12.0. The highest BCUT2D eigenvalue weighted by atomic mass is 32.2. The Morgan fingerprint density at radius 3 is 2.62 bits per heavy atom. The van der Waals surface area contributed by atoms with Crippen LogP contribution in [0.15, 0.2) is 29.5 Å². The van der Waals surface area contributed by atoms with Crippen LogP contribution in [0, 0.1) is 0 Å². The number of carbonyl (C=O) groups is 1. The molecule has 0 N–H and O–H groups in total. The zero-order valence-corrected chi connectivity index (χ0v) is 16.3. The summed E-state index contributed by atoms with van der Waals surface area (Å²) >= 11 is 0. The molecule has 142 valence electrons. The number of benzene rings is 1. The smallest absolute Gasteiger partial charge is 0.264 e. The van der Waals surface area contributed by atoms with Crippen LogP contribution in [0.2, 0.25) is 0 Å². The number of hydrogen-bond acceptors (Lipinski definition) is 6. The molecular weight excluding hydrogens is 354 g/mol. The lowest BCUT2D eigenvalue weighted by Crippen LogP contribution is -2.35. The molecule has 0 saturated heterocycles. The van der Waals surface area contributed by atoms with Crippen LogP contribution < -0.4 is 4.74 Å². The second-order valence-electron chi connectivity index (χ2n) is 6.83. The molecule has 1 aromatic carbocycles. The lowest BCUT2D eigenvalue weighted by Gasteiger charge is -2.40. The number of allylic oxidation sites excluding steroid dienone is 2. The summed E-state index contributed by atoms with van der Waals surface area (Å²) in [5.41, 5.74) is 4.26. The molecule has 0 amide bonds. The Morgan fingerprint density at radius 2 is 2.00 bits per heavy atom. The summed E-state index contributed by atoms with van der Waals surface area (Å²) in [5.74, 6) is 1.02. The number of ketones is 1. The van der Waals surface area contributed by atoms with Crippen molar-refractivity contribution in [3.63, 3.8) is 0 Å². The fraction of sp³-hybridized carbons (Fsp3) is 0.526. The van der Waals surface area contributed by atoms with Crippen molar-refractivity contribution in [2.24, 2.45) is 0 Å². The van der Waals surface area contributed by atoms with Crippen molar-refractivity contribution >= 4 is 15.9 Å². The van der Waals surface area contributed by atoms with Crippen LogP contribution in [0.5, 0.6) is 5.75 Å². The van der Waals surface area contributed by atoms with Gasteiger partial charge in [0.15, 0.2) is 5.78 Å². The van der Waals surface area contributed by atoms with Gasteiger partial charge in [-0.3, -0.25) is 8.98 Å². The number of rotatable bonds is 6. The van der Waals surface area contributed by atoms with Gasteiger partial charge in [-0.15, -0.1) is 0 Å². The Bertz CT molecular complexity index is 843. The molecule has 0 radical (unpaired) electrons. The number of Topliss-reactive ketones (excluding diaryl/α,β-unsaturated/α-hetero) is 1. The minimum atomic E-state index is -3.47. The second kappa shape index (κ2) is 7.40. The van der Waals surface area contributed by atoms with Crippen LogP contribution in [-0.4, -0.2) is 45.6 Å². The predicted octanol–water partition coefficient (Wildman–Crippen LogP) is 2.60. The fourth-order valence-corrected chi connectivity index (χ4v) is 4.29. The third-order valence-corrected chi connectivity index (χ3v) is 5.78. The molecule has 0 fully saturated rings. The Kier molecular flexibility index (Phi) is 5.39. The lowest BCUT2D eigenvalue weighted by molar-refractivity contribution is -0.114. The van der Waals surface area contributed by atoms with E-state index in [0.29, 0.717) is 12.8 Å². The monoisotopic (exact) mass is 379 g/mol. The van der Waals surface area contributed by atoms with Gasteiger partial charge in [0.05, 0.1) is 26.0 Å². The average Bonchev–Trinajstić information content (AvgIpc) is 2.92. The van der Waals surface area contributed by atoms with Crippen molar-refractivity contribution in [3.05, 3.63) is 40.6 Å². The molecule has 7 heteroatoms. The van der Waals surface area contributed by atoms with E-state index in [1.54, 1.807) is 7.11 Å². The Morgan fingerprint density at radius 1 is 1.23 bits per heavy atom. The van der Waals surface area contributed by atoms with E-state index in [1.165, 1.54) is 5.56 Å². The van der Waals surface area contributed by atoms with Crippen LogP contribution in [-0.2, 0) is 25.5 Å². The molecule has 26 heavy (non-hydrogen) atoms. The summed E-state index contributed by atoms with van der Waals surface area (Å²) in [6.07, 6.45) is 3.77. The molecule has 1 atom stereocenters. The van der Waals surface area contributed by atoms with Crippen molar-refractivity contribution in [3.8, 4) is 5.75 Å². The van der Waals surface area contributed by atoms with E-state index in [0.717, 1.165) is 48.2 Å². The van der Waals surface area contributed by atoms with Crippen LogP contribution in [0.3, 0.4) is 0 Å². The molecule has 2 aliphatic rings. The normalized spacial score (nSPS) is 20.5. The van der Waals surface area contributed by atoms with E-state index in [9.17, 15) is 13.2 Å². The van der Waals surface area contributed by atoms with Gasteiger partial charge in [-0.2, -0.15) is 8.42 Å². The fourth-order valence-electron chi connectivity index (χ4n) is 3.89. The van der Waals surface area contributed by atoms with Gasteiger partial charge in [0, 0.05) is 24.2 Å². The van der Waals surface area contributed by atoms with Crippen LogP contribution in [0.25, 0.3) is 0 Å². The Balaban J connectivity index is 1.92. The first-order valence-corrected chi connectivity index (χ1v) is 10.6. The lowest BCUT2D eigenvalue weighted by atomic mass is 9.89. The SMILES string of the molecule is COc1ccc2c(c1)CCN(C1=C(C)C(=O)CC1)[C@@H]2CCOS(C)(=O)=O. The summed E-state index contributed by atoms with van der Waals surface area (Å²) in [7, 11) is -1.83. The largest absolute Gasteiger partial charge is 0.497 e. The summed E-state index contributed by atoms with van der Waals surface area (Å²) in [4.78, 5) is 14.3. The molecule has 1 aliphatic heterocycles. The zero-order chi connectivity index (χ0) is 18.9. The van der Waals surface area contributed by atoms with Gasteiger partial charge < -0.3 is 9.64 Å². The molecule has 1 aliphatic carbocycles. The summed E-state index contributed by atoms with van der Waals surface area (Å²) in [6, 6.07) is 5.99. The van der Waals surface area contributed by atoms with Crippen LogP contribution in [0.1, 0.15) is 43.4 Å². The van der Waals surface area contributed by atoms with Crippen molar-refractivity contribution in [2.75, 3.05) is 26.5 Å². The van der Waals surface area contributed by atoms with Gasteiger partial charge in [-0.1, -0.05) is 6.07 Å². The molecule has 6 nitrogen and oxygen atoms in total. The number of nitrogens with zero attached hydrogens (tertiary/aromatic N) is 1. The molecule has 0 bridgehead atoms. The molecular formula is C19H25NO5S. The molecule has 1 aromatic rings. The summed E-state index contributed by atoms with van der Waals surface area (Å²) in [6.45, 7) is 2.80. The van der Waals surface area contributed by atoms with Gasteiger partial charge in [-0.25, -0.2) is 0 Å². The van der Waals surface area contributed by atoms with E-state index >= 15 is 0 Å². The Hall–Kier alpha value is -1.86. The first kappa shape index (κ1) is 18.9. The number of ether oxygens (including phenoxy) is 1. The number of methoxy groups -OCH3 is 1. The van der Waals surface area contributed by atoms with E-state index in [4.69, 9.17) is 8.92 Å². The minimum Gasteiger partial charge on any atom is -0.497 e. The van der Waals surface area contributed by atoms with Crippen molar-refractivity contribution < 1.29 is 22.1 Å². The van der Waals surface area contributed by atoms with Crippen molar-refractivity contribution in [1.29, 1.82) is 0 Å². The van der Waals surface area contributed by atoms with Crippen molar-refractivity contribution in [2.45, 2.75) is 38.6 Å². The Labute approximate surface area is 154 Å². The zero-order valence-electron chi connectivity index (χ0n) is 15.4. The van der Waals surface area contributed by atoms with Gasteiger partial charge >= 0.3 is 0 Å². The quantitative estimate of drug-likeness (QED) is 0.708. The summed E-state index contributed by atoms with van der Waals surface area (Å²) < 4.78 is 33.0. The van der Waals surface area contributed by atoms with Gasteiger partial charge in [0.25, 0.3) is 10.1 Å². The summed E-state index contributed by atoms with van der Waals surface area (Å²) in [5, 5.41) is 0. The van der Waals surface area contributed by atoms with Crippen LogP contribution >= 0.6 is 0 Å². The topological polar surface area (TPSA) is 72.9 Å². The highest BCUT2D eigenvalue weighted by Gasteiger charge is 2.33. The minimum absolute atomic E-state index is 0.0118. The molecule has 0 unspecified atom stereocenters. The van der Waals surface area contributed by atoms with E-state index in [-0.39, 0.29) is 18.4 Å². The maximum absolute atomic E-state index is 12.0. The van der Waals surface area contributed by atoms with Gasteiger partial charge in [0.2, 0.25) is 0 Å². The molecule has 1 heterocycles. The molecule has 0 spiro atoms. The average molecular weight is 379 g/mol. The van der Waals surface area contributed by atoms with E-state index in [1.807, 2.05) is 25.1 Å². The predicted molar refractivity (Wildman–Crippen MR) is 98.5 cm³/mol. The number of carbonyl (C=O) groups excluding carboxylic acids is 1. The van der Waals surface area contributed by atoms with Crippen molar-refractivity contribution in [1.82, 2.24) is 4.90 Å². The number of fused-ring (bicyclic) bond motifs is 1.